The molecule has 1 fully saturated rings. The molecule has 1 heterocycles. The molecule has 6 heteroatoms. The molecule has 0 bridgehead atoms. The predicted octanol–water partition coefficient (Wildman–Crippen LogP) is -0.0106. The zero-order valence-electron chi connectivity index (χ0n) is 10.3. The summed E-state index contributed by atoms with van der Waals surface area (Å²) in [5.41, 5.74) is 5.37. The van der Waals surface area contributed by atoms with Gasteiger partial charge in [-0.15, -0.1) is 0 Å². The molecule has 5 nitrogen and oxygen atoms in total. The summed E-state index contributed by atoms with van der Waals surface area (Å²) in [6.07, 6.45) is 1.06. The highest BCUT2D eigenvalue weighted by Crippen LogP contribution is 2.16. The number of nitrogens with zero attached hydrogens (tertiary/aromatic N) is 2. The first-order valence-electron chi connectivity index (χ1n) is 5.70. The fourth-order valence-corrected chi connectivity index (χ4v) is 1.90. The number of likely N-dealkylation sites (tertiary alicyclic amines) is 1. The fraction of sp³-hybridized carbons (Fsp3) is 0.727. The minimum absolute atomic E-state index is 0.0635. The summed E-state index contributed by atoms with van der Waals surface area (Å²) in [6.45, 7) is 3.36. The van der Waals surface area contributed by atoms with Gasteiger partial charge in [0.05, 0.1) is 11.5 Å². The van der Waals surface area contributed by atoms with Crippen LogP contribution in [-0.2, 0) is 9.59 Å². The minimum Gasteiger partial charge on any atom is -0.393 e. The van der Waals surface area contributed by atoms with Crippen molar-refractivity contribution in [3.63, 3.8) is 0 Å². The quantitative estimate of drug-likeness (QED) is 0.703. The Balaban J connectivity index is 2.38. The van der Waals surface area contributed by atoms with Crippen LogP contribution in [0, 0.1) is 5.92 Å². The van der Waals surface area contributed by atoms with E-state index in [2.05, 4.69) is 0 Å². The van der Waals surface area contributed by atoms with Crippen LogP contribution in [0.15, 0.2) is 0 Å². The molecule has 96 valence electrons. The highest BCUT2D eigenvalue weighted by atomic mass is 32.1. The molecule has 2 amide bonds. The van der Waals surface area contributed by atoms with Crippen LogP contribution in [0.5, 0.6) is 0 Å². The molecule has 0 aromatic carbocycles. The van der Waals surface area contributed by atoms with Crippen molar-refractivity contribution in [3.05, 3.63) is 0 Å². The molecule has 1 saturated heterocycles. The third-order valence-electron chi connectivity index (χ3n) is 2.85. The van der Waals surface area contributed by atoms with Gasteiger partial charge >= 0.3 is 0 Å². The lowest BCUT2D eigenvalue weighted by Gasteiger charge is -2.21. The number of carbonyl (C=O) groups excluding carboxylic acids is 2. The van der Waals surface area contributed by atoms with Gasteiger partial charge in [-0.25, -0.2) is 0 Å². The van der Waals surface area contributed by atoms with E-state index in [1.54, 1.807) is 16.8 Å². The second kappa shape index (κ2) is 5.95. The molecule has 0 saturated carbocycles. The Bertz CT molecular complexity index is 333. The van der Waals surface area contributed by atoms with Gasteiger partial charge in [0.1, 0.15) is 0 Å². The molecule has 1 aliphatic rings. The van der Waals surface area contributed by atoms with E-state index in [0.717, 1.165) is 0 Å². The van der Waals surface area contributed by atoms with E-state index in [9.17, 15) is 9.59 Å². The molecule has 1 atom stereocenters. The topological polar surface area (TPSA) is 66.6 Å². The maximum atomic E-state index is 11.8. The molecule has 1 rings (SSSR count). The summed E-state index contributed by atoms with van der Waals surface area (Å²) in [7, 11) is 1.70. The number of rotatable bonds is 5. The summed E-state index contributed by atoms with van der Waals surface area (Å²) >= 11 is 4.75. The Morgan fingerprint density at radius 1 is 1.65 bits per heavy atom. The second-order valence-electron chi connectivity index (χ2n) is 4.62. The Labute approximate surface area is 107 Å². The van der Waals surface area contributed by atoms with Crippen molar-refractivity contribution in [2.75, 3.05) is 26.7 Å². The number of amides is 2. The Hall–Kier alpha value is -1.17. The standard InChI is InChI=1S/C11H19N3O2S/c1-8-5-10(15)14(6-8)7-11(16)13(2)4-3-9(12)17/h8H,3-7H2,1-2H3,(H2,12,17). The lowest BCUT2D eigenvalue weighted by atomic mass is 10.2. The molecule has 0 spiro atoms. The minimum atomic E-state index is -0.0660. The monoisotopic (exact) mass is 257 g/mol. The van der Waals surface area contributed by atoms with Gasteiger partial charge in [-0.3, -0.25) is 9.59 Å². The number of hydrogen-bond donors (Lipinski definition) is 1. The average molecular weight is 257 g/mol. The van der Waals surface area contributed by atoms with Crippen LogP contribution < -0.4 is 5.73 Å². The van der Waals surface area contributed by atoms with Crippen molar-refractivity contribution < 1.29 is 9.59 Å². The molecular formula is C11H19N3O2S. The molecular weight excluding hydrogens is 238 g/mol. The maximum Gasteiger partial charge on any atom is 0.241 e. The van der Waals surface area contributed by atoms with Crippen molar-refractivity contribution in [1.29, 1.82) is 0 Å². The van der Waals surface area contributed by atoms with Gasteiger partial charge in [0.15, 0.2) is 0 Å². The first-order valence-corrected chi connectivity index (χ1v) is 6.11. The first kappa shape index (κ1) is 13.9. The van der Waals surface area contributed by atoms with E-state index >= 15 is 0 Å². The van der Waals surface area contributed by atoms with E-state index in [1.807, 2.05) is 6.92 Å². The lowest BCUT2D eigenvalue weighted by Crippen LogP contribution is -2.40. The van der Waals surface area contributed by atoms with Gasteiger partial charge in [-0.05, 0) is 5.92 Å². The van der Waals surface area contributed by atoms with E-state index < -0.39 is 0 Å². The Morgan fingerprint density at radius 3 is 2.76 bits per heavy atom. The van der Waals surface area contributed by atoms with Gasteiger partial charge in [0.25, 0.3) is 0 Å². The summed E-state index contributed by atoms with van der Waals surface area (Å²) in [6, 6.07) is 0. The molecule has 1 unspecified atom stereocenters. The zero-order valence-corrected chi connectivity index (χ0v) is 11.1. The van der Waals surface area contributed by atoms with E-state index in [0.29, 0.717) is 36.8 Å². The summed E-state index contributed by atoms with van der Waals surface area (Å²) in [5, 5.41) is 0. The first-order chi connectivity index (χ1) is 7.90. The number of nitrogens with two attached hydrogens (primary N) is 1. The number of hydrogen-bond acceptors (Lipinski definition) is 3. The maximum absolute atomic E-state index is 11.8. The van der Waals surface area contributed by atoms with Crippen LogP contribution in [0.4, 0.5) is 0 Å². The van der Waals surface area contributed by atoms with Gasteiger partial charge in [0, 0.05) is 33.0 Å². The normalized spacial score (nSPS) is 19.5. The summed E-state index contributed by atoms with van der Waals surface area (Å²) in [5.74, 6) is 0.342. The van der Waals surface area contributed by atoms with Crippen molar-refractivity contribution in [2.45, 2.75) is 19.8 Å². The van der Waals surface area contributed by atoms with Crippen LogP contribution >= 0.6 is 12.2 Å². The lowest BCUT2D eigenvalue weighted by molar-refractivity contribution is -0.137. The highest BCUT2D eigenvalue weighted by Gasteiger charge is 2.28. The van der Waals surface area contributed by atoms with Gasteiger partial charge < -0.3 is 15.5 Å². The van der Waals surface area contributed by atoms with Gasteiger partial charge in [-0.2, -0.15) is 0 Å². The molecule has 0 aromatic rings. The average Bonchev–Trinajstić information content (AvgIpc) is 2.53. The highest BCUT2D eigenvalue weighted by molar-refractivity contribution is 7.80. The number of thiocarbonyl (C=S) groups is 1. The zero-order chi connectivity index (χ0) is 13.0. The van der Waals surface area contributed by atoms with Crippen LogP contribution in [0.3, 0.4) is 0 Å². The molecule has 17 heavy (non-hydrogen) atoms. The largest absolute Gasteiger partial charge is 0.393 e. The molecule has 0 aromatic heterocycles. The number of carbonyl (C=O) groups is 2. The van der Waals surface area contributed by atoms with Crippen LogP contribution in [0.2, 0.25) is 0 Å². The SMILES string of the molecule is CC1CC(=O)N(CC(=O)N(C)CCC(N)=S)C1. The fourth-order valence-electron chi connectivity index (χ4n) is 1.81. The smallest absolute Gasteiger partial charge is 0.241 e. The van der Waals surface area contributed by atoms with Crippen LogP contribution in [0.25, 0.3) is 0 Å². The van der Waals surface area contributed by atoms with Crippen molar-refractivity contribution >= 4 is 29.0 Å². The summed E-state index contributed by atoms with van der Waals surface area (Å²) < 4.78 is 0. The van der Waals surface area contributed by atoms with Gasteiger partial charge in [-0.1, -0.05) is 19.1 Å². The van der Waals surface area contributed by atoms with E-state index in [4.69, 9.17) is 18.0 Å². The molecule has 1 aliphatic heterocycles. The van der Waals surface area contributed by atoms with Crippen molar-refractivity contribution in [1.82, 2.24) is 9.80 Å². The number of likely N-dealkylation sites (N-methyl/N-ethyl adjacent to an activating group) is 1. The summed E-state index contributed by atoms with van der Waals surface area (Å²) in [4.78, 5) is 26.9. The third kappa shape index (κ3) is 4.30. The molecule has 0 aliphatic carbocycles. The Kier molecular flexibility index (Phi) is 4.86. The van der Waals surface area contributed by atoms with Crippen molar-refractivity contribution in [2.24, 2.45) is 11.7 Å². The second-order valence-corrected chi connectivity index (χ2v) is 5.14. The predicted molar refractivity (Wildman–Crippen MR) is 69.4 cm³/mol. The van der Waals surface area contributed by atoms with Gasteiger partial charge in [0.2, 0.25) is 11.8 Å². The third-order valence-corrected chi connectivity index (χ3v) is 3.06. The van der Waals surface area contributed by atoms with E-state index in [-0.39, 0.29) is 18.4 Å². The molecule has 0 radical (unpaired) electrons. The van der Waals surface area contributed by atoms with Crippen LogP contribution in [-0.4, -0.2) is 53.3 Å². The van der Waals surface area contributed by atoms with Crippen LogP contribution in [0.1, 0.15) is 19.8 Å². The van der Waals surface area contributed by atoms with Crippen molar-refractivity contribution in [3.8, 4) is 0 Å². The Morgan fingerprint density at radius 2 is 2.29 bits per heavy atom. The van der Waals surface area contributed by atoms with E-state index in [1.165, 1.54) is 0 Å². The molecule has 2 N–H and O–H groups in total.